The number of para-hydroxylation sites is 1. The molecule has 1 N–H and O–H groups in total. The molecule has 1 fully saturated rings. The fourth-order valence-electron chi connectivity index (χ4n) is 4.08. The Morgan fingerprint density at radius 2 is 1.86 bits per heavy atom. The van der Waals surface area contributed by atoms with Crippen molar-refractivity contribution in [2.75, 3.05) is 18.0 Å². The lowest BCUT2D eigenvalue weighted by Crippen LogP contribution is -2.22. The molecule has 1 saturated heterocycles. The lowest BCUT2D eigenvalue weighted by molar-refractivity contribution is 0.494. The van der Waals surface area contributed by atoms with Gasteiger partial charge in [0.25, 0.3) is 0 Å². The van der Waals surface area contributed by atoms with Crippen molar-refractivity contribution in [1.82, 2.24) is 15.0 Å². The number of H-pyrrole nitrogens is 1. The number of pyridine rings is 3. The molecule has 0 bridgehead atoms. The van der Waals surface area contributed by atoms with Crippen LogP contribution in [0.15, 0.2) is 59.7 Å². The summed E-state index contributed by atoms with van der Waals surface area (Å²) in [4.78, 5) is 27.5. The highest BCUT2D eigenvalue weighted by Gasteiger charge is 2.29. The highest BCUT2D eigenvalue weighted by atomic mass is 16.1. The first-order valence-corrected chi connectivity index (χ1v) is 9.72. The van der Waals surface area contributed by atoms with Crippen LogP contribution in [0.4, 0.5) is 5.82 Å². The van der Waals surface area contributed by atoms with Crippen molar-refractivity contribution in [3.8, 4) is 11.3 Å². The molecule has 4 heterocycles. The van der Waals surface area contributed by atoms with Crippen molar-refractivity contribution >= 4 is 27.6 Å². The Hall–Kier alpha value is -3.21. The maximum Gasteiger partial charge on any atom is 0.191 e. The molecular weight excluding hydrogens is 348 g/mol. The first-order valence-electron chi connectivity index (χ1n) is 9.72. The van der Waals surface area contributed by atoms with Crippen molar-refractivity contribution in [2.45, 2.75) is 13.8 Å². The molecule has 28 heavy (non-hydrogen) atoms. The minimum Gasteiger partial charge on any atom is -0.355 e. The maximum absolute atomic E-state index is 12.7. The largest absolute Gasteiger partial charge is 0.355 e. The van der Waals surface area contributed by atoms with Crippen molar-refractivity contribution in [2.24, 2.45) is 11.8 Å². The molecule has 3 aromatic heterocycles. The van der Waals surface area contributed by atoms with Crippen molar-refractivity contribution < 1.29 is 0 Å². The Morgan fingerprint density at radius 3 is 2.68 bits per heavy atom. The molecular formula is C23H22N4O. The van der Waals surface area contributed by atoms with Gasteiger partial charge in [0, 0.05) is 42.5 Å². The number of hydrogen-bond acceptors (Lipinski definition) is 4. The summed E-state index contributed by atoms with van der Waals surface area (Å²) in [5, 5.41) is 1.67. The molecule has 0 spiro atoms. The van der Waals surface area contributed by atoms with Gasteiger partial charge < -0.3 is 9.88 Å². The number of benzene rings is 1. The molecule has 1 aliphatic rings. The van der Waals surface area contributed by atoms with Crippen LogP contribution in [0.25, 0.3) is 33.1 Å². The molecule has 0 saturated carbocycles. The van der Waals surface area contributed by atoms with Crippen LogP contribution in [0.5, 0.6) is 0 Å². The van der Waals surface area contributed by atoms with Crippen LogP contribution in [0.1, 0.15) is 13.8 Å². The fraction of sp³-hybridized carbons (Fsp3) is 0.261. The van der Waals surface area contributed by atoms with E-state index in [-0.39, 0.29) is 5.43 Å². The van der Waals surface area contributed by atoms with Crippen LogP contribution in [-0.2, 0) is 0 Å². The molecule has 0 radical (unpaired) electrons. The summed E-state index contributed by atoms with van der Waals surface area (Å²) in [6.07, 6.45) is 3.31. The summed E-state index contributed by atoms with van der Waals surface area (Å²) in [6, 6.07) is 13.8. The molecule has 5 rings (SSSR count). The van der Waals surface area contributed by atoms with Crippen LogP contribution >= 0.6 is 0 Å². The SMILES string of the molecule is C[C@H]1CN(c2nc3ccccc3cc2-c2cc(=O)c3cnccc3[nH]2)C[C@@H]1C. The normalized spacial score (nSPS) is 19.6. The van der Waals surface area contributed by atoms with E-state index in [0.29, 0.717) is 17.2 Å². The molecule has 5 heteroatoms. The number of aromatic amines is 1. The minimum atomic E-state index is -0.0286. The van der Waals surface area contributed by atoms with Gasteiger partial charge in [-0.2, -0.15) is 0 Å². The van der Waals surface area contributed by atoms with E-state index in [1.54, 1.807) is 18.5 Å². The van der Waals surface area contributed by atoms with Gasteiger partial charge in [-0.15, -0.1) is 0 Å². The lowest BCUT2D eigenvalue weighted by atomic mass is 10.0. The number of hydrogen-bond donors (Lipinski definition) is 1. The van der Waals surface area contributed by atoms with Crippen molar-refractivity contribution in [3.05, 3.63) is 65.1 Å². The molecule has 1 aromatic carbocycles. The summed E-state index contributed by atoms with van der Waals surface area (Å²) in [6.45, 7) is 6.52. The van der Waals surface area contributed by atoms with Gasteiger partial charge in [0.1, 0.15) is 5.82 Å². The topological polar surface area (TPSA) is 61.9 Å². The summed E-state index contributed by atoms with van der Waals surface area (Å²) in [7, 11) is 0. The second kappa shape index (κ2) is 6.44. The van der Waals surface area contributed by atoms with E-state index < -0.39 is 0 Å². The average Bonchev–Trinajstić information content (AvgIpc) is 3.05. The Balaban J connectivity index is 1.76. The second-order valence-corrected chi connectivity index (χ2v) is 7.88. The number of nitrogens with one attached hydrogen (secondary N) is 1. The third kappa shape index (κ3) is 2.74. The molecule has 1 aliphatic heterocycles. The molecule has 0 unspecified atom stereocenters. The first-order chi connectivity index (χ1) is 13.6. The van der Waals surface area contributed by atoms with E-state index in [1.165, 1.54) is 0 Å². The quantitative estimate of drug-likeness (QED) is 0.574. The van der Waals surface area contributed by atoms with Gasteiger partial charge in [0.05, 0.1) is 22.1 Å². The van der Waals surface area contributed by atoms with Crippen LogP contribution < -0.4 is 10.3 Å². The highest BCUT2D eigenvalue weighted by Crippen LogP contribution is 2.35. The second-order valence-electron chi connectivity index (χ2n) is 7.88. The standard InChI is InChI=1S/C23H22N4O/c1-14-12-27(13-15(14)2)23-17(9-16-5-3-4-6-19(16)26-23)21-10-22(28)18-11-24-8-7-20(18)25-21/h3-11,14-15H,12-13H2,1-2H3,(H,25,28)/t14-,15-/m0/s1. The zero-order valence-electron chi connectivity index (χ0n) is 16.0. The average molecular weight is 370 g/mol. The van der Waals surface area contributed by atoms with Gasteiger partial charge in [0.2, 0.25) is 0 Å². The zero-order valence-corrected chi connectivity index (χ0v) is 16.0. The van der Waals surface area contributed by atoms with E-state index >= 15 is 0 Å². The summed E-state index contributed by atoms with van der Waals surface area (Å²) in [5.74, 6) is 2.17. The van der Waals surface area contributed by atoms with E-state index in [1.807, 2.05) is 24.3 Å². The van der Waals surface area contributed by atoms with Crippen LogP contribution in [0.2, 0.25) is 0 Å². The molecule has 140 valence electrons. The van der Waals surface area contributed by atoms with E-state index in [9.17, 15) is 4.79 Å². The molecule has 2 atom stereocenters. The number of aromatic nitrogens is 3. The first kappa shape index (κ1) is 16.9. The smallest absolute Gasteiger partial charge is 0.191 e. The van der Waals surface area contributed by atoms with Gasteiger partial charge >= 0.3 is 0 Å². The van der Waals surface area contributed by atoms with Crippen LogP contribution in [-0.4, -0.2) is 28.0 Å². The molecule has 4 aromatic rings. The minimum absolute atomic E-state index is 0.0286. The number of rotatable bonds is 2. The molecule has 5 nitrogen and oxygen atoms in total. The lowest BCUT2D eigenvalue weighted by Gasteiger charge is -2.22. The predicted octanol–water partition coefficient (Wildman–Crippen LogP) is 4.23. The summed E-state index contributed by atoms with van der Waals surface area (Å²) < 4.78 is 0. The Morgan fingerprint density at radius 1 is 1.07 bits per heavy atom. The third-order valence-electron chi connectivity index (χ3n) is 5.91. The summed E-state index contributed by atoms with van der Waals surface area (Å²) >= 11 is 0. The Kier molecular flexibility index (Phi) is 3.90. The van der Waals surface area contributed by atoms with Crippen LogP contribution in [0, 0.1) is 11.8 Å². The van der Waals surface area contributed by atoms with Crippen LogP contribution in [0.3, 0.4) is 0 Å². The van der Waals surface area contributed by atoms with Crippen molar-refractivity contribution in [3.63, 3.8) is 0 Å². The monoisotopic (exact) mass is 370 g/mol. The van der Waals surface area contributed by atoms with Gasteiger partial charge in [-0.05, 0) is 30.0 Å². The zero-order chi connectivity index (χ0) is 19.3. The Labute approximate surface area is 163 Å². The van der Waals surface area contributed by atoms with Gasteiger partial charge in [-0.25, -0.2) is 4.98 Å². The van der Waals surface area contributed by atoms with Gasteiger partial charge in [-0.1, -0.05) is 32.0 Å². The van der Waals surface area contributed by atoms with E-state index in [0.717, 1.165) is 46.6 Å². The number of fused-ring (bicyclic) bond motifs is 2. The van der Waals surface area contributed by atoms with Gasteiger partial charge in [0.15, 0.2) is 5.43 Å². The van der Waals surface area contributed by atoms with E-state index in [2.05, 4.69) is 40.8 Å². The third-order valence-corrected chi connectivity index (χ3v) is 5.91. The molecule has 0 amide bonds. The highest BCUT2D eigenvalue weighted by molar-refractivity contribution is 5.90. The number of nitrogens with zero attached hydrogens (tertiary/aromatic N) is 3. The van der Waals surface area contributed by atoms with Gasteiger partial charge in [-0.3, -0.25) is 9.78 Å². The van der Waals surface area contributed by atoms with E-state index in [4.69, 9.17) is 4.98 Å². The fourth-order valence-corrected chi connectivity index (χ4v) is 4.08. The summed E-state index contributed by atoms with van der Waals surface area (Å²) in [5.41, 5.74) is 3.50. The molecule has 0 aliphatic carbocycles. The van der Waals surface area contributed by atoms with Crippen molar-refractivity contribution in [1.29, 1.82) is 0 Å². The number of anilines is 1. The Bertz CT molecular complexity index is 1240. The maximum atomic E-state index is 12.7. The predicted molar refractivity (Wildman–Crippen MR) is 114 cm³/mol.